The highest BCUT2D eigenvalue weighted by Gasteiger charge is 2.17. The fourth-order valence-electron chi connectivity index (χ4n) is 2.15. The van der Waals surface area contributed by atoms with Gasteiger partial charge in [-0.25, -0.2) is 0 Å². The molecule has 1 N–H and O–H groups in total. The number of halogens is 2. The van der Waals surface area contributed by atoms with Crippen molar-refractivity contribution in [2.24, 2.45) is 0 Å². The van der Waals surface area contributed by atoms with Crippen molar-refractivity contribution >= 4 is 23.2 Å². The summed E-state index contributed by atoms with van der Waals surface area (Å²) in [6.07, 6.45) is 4.12. The van der Waals surface area contributed by atoms with Gasteiger partial charge in [0.05, 0.1) is 13.3 Å². The Bertz CT molecular complexity index is 570. The Balaban J connectivity index is 2.34. The smallest absolute Gasteiger partial charge is 0.141 e. The van der Waals surface area contributed by atoms with E-state index in [2.05, 4.69) is 10.3 Å². The predicted molar refractivity (Wildman–Crippen MR) is 82.8 cm³/mol. The molecule has 20 heavy (non-hydrogen) atoms. The molecule has 0 aliphatic rings. The zero-order valence-corrected chi connectivity index (χ0v) is 12.9. The van der Waals surface area contributed by atoms with Crippen molar-refractivity contribution in [3.05, 3.63) is 57.8 Å². The van der Waals surface area contributed by atoms with E-state index < -0.39 is 0 Å². The van der Waals surface area contributed by atoms with Crippen LogP contribution >= 0.6 is 23.2 Å². The molecule has 106 valence electrons. The monoisotopic (exact) mass is 310 g/mol. The summed E-state index contributed by atoms with van der Waals surface area (Å²) in [5.74, 6) is 0.745. The molecular formula is C15H16Cl2N2O. The molecule has 5 heteroatoms. The van der Waals surface area contributed by atoms with E-state index in [4.69, 9.17) is 27.9 Å². The van der Waals surface area contributed by atoms with E-state index >= 15 is 0 Å². The number of nitrogens with zero attached hydrogens (tertiary/aromatic N) is 1. The van der Waals surface area contributed by atoms with Crippen molar-refractivity contribution in [3.63, 3.8) is 0 Å². The number of likely N-dealkylation sites (N-methyl/N-ethyl adjacent to an activating group) is 1. The molecule has 0 spiro atoms. The summed E-state index contributed by atoms with van der Waals surface area (Å²) < 4.78 is 5.36. The summed E-state index contributed by atoms with van der Waals surface area (Å²) in [4.78, 5) is 4.07. The third-order valence-corrected chi connectivity index (χ3v) is 3.94. The molecule has 0 amide bonds. The van der Waals surface area contributed by atoms with Crippen molar-refractivity contribution < 1.29 is 4.74 Å². The van der Waals surface area contributed by atoms with E-state index in [0.29, 0.717) is 16.5 Å². The number of benzene rings is 1. The predicted octanol–water partition coefficient (Wildman–Crippen LogP) is 3.90. The van der Waals surface area contributed by atoms with E-state index in [9.17, 15) is 0 Å². The fourth-order valence-corrected chi connectivity index (χ4v) is 2.70. The Kier molecular flexibility index (Phi) is 5.24. The highest BCUT2D eigenvalue weighted by molar-refractivity contribution is 6.36. The van der Waals surface area contributed by atoms with Gasteiger partial charge in [0.25, 0.3) is 0 Å². The number of aromatic nitrogens is 1. The van der Waals surface area contributed by atoms with Gasteiger partial charge in [-0.3, -0.25) is 4.98 Å². The average molecular weight is 311 g/mol. The number of rotatable bonds is 5. The lowest BCUT2D eigenvalue weighted by Gasteiger charge is -2.20. The maximum atomic E-state index is 6.24. The molecule has 0 saturated heterocycles. The molecule has 0 aliphatic carbocycles. The third kappa shape index (κ3) is 3.23. The zero-order chi connectivity index (χ0) is 14.5. The van der Waals surface area contributed by atoms with E-state index in [-0.39, 0.29) is 6.04 Å². The van der Waals surface area contributed by atoms with Crippen LogP contribution in [0.3, 0.4) is 0 Å². The minimum absolute atomic E-state index is 0.0466. The van der Waals surface area contributed by atoms with Crippen LogP contribution in [0.4, 0.5) is 0 Å². The SMILES string of the molecule is CNC(Cc1c(Cl)cccc1Cl)c1ccncc1OC. The molecule has 3 nitrogen and oxygen atoms in total. The molecule has 0 aliphatic heterocycles. The van der Waals surface area contributed by atoms with Gasteiger partial charge >= 0.3 is 0 Å². The van der Waals surface area contributed by atoms with Crippen LogP contribution in [-0.2, 0) is 6.42 Å². The molecule has 1 heterocycles. The quantitative estimate of drug-likeness (QED) is 0.909. The second-order valence-corrected chi connectivity index (χ2v) is 5.18. The van der Waals surface area contributed by atoms with Gasteiger partial charge in [0.15, 0.2) is 0 Å². The van der Waals surface area contributed by atoms with Gasteiger partial charge in [0.2, 0.25) is 0 Å². The topological polar surface area (TPSA) is 34.2 Å². The average Bonchev–Trinajstić information content (AvgIpc) is 2.47. The summed E-state index contributed by atoms with van der Waals surface area (Å²) in [6.45, 7) is 0. The third-order valence-electron chi connectivity index (χ3n) is 3.23. The Hall–Kier alpha value is -1.29. The van der Waals surface area contributed by atoms with Crippen LogP contribution in [0.25, 0.3) is 0 Å². The summed E-state index contributed by atoms with van der Waals surface area (Å²) in [5, 5.41) is 4.61. The summed E-state index contributed by atoms with van der Waals surface area (Å²) >= 11 is 12.5. The van der Waals surface area contributed by atoms with Crippen molar-refractivity contribution in [1.82, 2.24) is 10.3 Å². The highest BCUT2D eigenvalue weighted by atomic mass is 35.5. The number of hydrogen-bond acceptors (Lipinski definition) is 3. The van der Waals surface area contributed by atoms with Crippen LogP contribution in [0.1, 0.15) is 17.2 Å². The molecule has 0 saturated carbocycles. The normalized spacial score (nSPS) is 12.2. The lowest BCUT2D eigenvalue weighted by Crippen LogP contribution is -2.20. The van der Waals surface area contributed by atoms with Crippen molar-refractivity contribution in [3.8, 4) is 5.75 Å². The van der Waals surface area contributed by atoms with Crippen LogP contribution in [0.2, 0.25) is 10.0 Å². The van der Waals surface area contributed by atoms with Gasteiger partial charge in [-0.1, -0.05) is 29.3 Å². The molecular weight excluding hydrogens is 295 g/mol. The largest absolute Gasteiger partial charge is 0.495 e. The van der Waals surface area contributed by atoms with Gasteiger partial charge in [-0.05, 0) is 37.2 Å². The molecule has 2 aromatic rings. The molecule has 2 rings (SSSR count). The Morgan fingerprint density at radius 3 is 2.55 bits per heavy atom. The summed E-state index contributed by atoms with van der Waals surface area (Å²) in [6, 6.07) is 7.52. The van der Waals surface area contributed by atoms with Gasteiger partial charge in [-0.15, -0.1) is 0 Å². The molecule has 0 fully saturated rings. The first-order chi connectivity index (χ1) is 9.67. The van der Waals surface area contributed by atoms with Gasteiger partial charge in [0, 0.05) is 27.8 Å². The number of ether oxygens (including phenoxy) is 1. The maximum Gasteiger partial charge on any atom is 0.141 e. The Labute approximate surface area is 128 Å². The number of pyridine rings is 1. The van der Waals surface area contributed by atoms with Crippen LogP contribution < -0.4 is 10.1 Å². The van der Waals surface area contributed by atoms with E-state index in [1.165, 1.54) is 0 Å². The minimum atomic E-state index is 0.0466. The molecule has 1 aromatic carbocycles. The lowest BCUT2D eigenvalue weighted by atomic mass is 9.99. The van der Waals surface area contributed by atoms with E-state index in [1.807, 2.05) is 31.3 Å². The van der Waals surface area contributed by atoms with Crippen LogP contribution in [0.15, 0.2) is 36.7 Å². The number of nitrogens with one attached hydrogen (secondary N) is 1. The highest BCUT2D eigenvalue weighted by Crippen LogP contribution is 2.32. The van der Waals surface area contributed by atoms with Crippen LogP contribution in [0.5, 0.6) is 5.75 Å². The van der Waals surface area contributed by atoms with E-state index in [1.54, 1.807) is 19.5 Å². The van der Waals surface area contributed by atoms with Gasteiger partial charge < -0.3 is 10.1 Å². The summed E-state index contributed by atoms with van der Waals surface area (Å²) in [7, 11) is 3.53. The summed E-state index contributed by atoms with van der Waals surface area (Å²) in [5.41, 5.74) is 1.95. The first kappa shape index (κ1) is 15.1. The number of hydrogen-bond donors (Lipinski definition) is 1. The second kappa shape index (κ2) is 6.93. The molecule has 0 bridgehead atoms. The first-order valence-corrected chi connectivity index (χ1v) is 7.01. The van der Waals surface area contributed by atoms with Crippen molar-refractivity contribution in [2.75, 3.05) is 14.2 Å². The van der Waals surface area contributed by atoms with Crippen molar-refractivity contribution in [1.29, 1.82) is 0 Å². The second-order valence-electron chi connectivity index (χ2n) is 4.36. The fraction of sp³-hybridized carbons (Fsp3) is 0.267. The molecule has 1 aromatic heterocycles. The van der Waals surface area contributed by atoms with E-state index in [0.717, 1.165) is 16.9 Å². The van der Waals surface area contributed by atoms with Gasteiger partial charge in [0.1, 0.15) is 5.75 Å². The number of methoxy groups -OCH3 is 1. The zero-order valence-electron chi connectivity index (χ0n) is 11.4. The molecule has 1 unspecified atom stereocenters. The Morgan fingerprint density at radius 2 is 1.95 bits per heavy atom. The van der Waals surface area contributed by atoms with Crippen molar-refractivity contribution in [2.45, 2.75) is 12.5 Å². The Morgan fingerprint density at radius 1 is 1.25 bits per heavy atom. The van der Waals surface area contributed by atoms with Gasteiger partial charge in [-0.2, -0.15) is 0 Å². The standard InChI is InChI=1S/C15H16Cl2N2O/c1-18-14(10-6-7-19-9-15(10)20-2)8-11-12(16)4-3-5-13(11)17/h3-7,9,14,18H,8H2,1-2H3. The van der Waals surface area contributed by atoms with Crippen LogP contribution in [0, 0.1) is 0 Å². The molecule has 0 radical (unpaired) electrons. The minimum Gasteiger partial charge on any atom is -0.495 e. The molecule has 1 atom stereocenters. The maximum absolute atomic E-state index is 6.24. The lowest BCUT2D eigenvalue weighted by molar-refractivity contribution is 0.399. The first-order valence-electron chi connectivity index (χ1n) is 6.25. The van der Waals surface area contributed by atoms with Crippen LogP contribution in [-0.4, -0.2) is 19.1 Å².